The van der Waals surface area contributed by atoms with Crippen LogP contribution in [-0.2, 0) is 0 Å². The number of nitrogens with zero attached hydrogens (tertiary/aromatic N) is 1. The number of rotatable bonds is 2. The minimum absolute atomic E-state index is 0. The fourth-order valence-electron chi connectivity index (χ4n) is 0.647. The predicted molar refractivity (Wildman–Crippen MR) is 37.9 cm³/mol. The van der Waals surface area contributed by atoms with Crippen LogP contribution >= 0.6 is 0 Å². The van der Waals surface area contributed by atoms with Gasteiger partial charge in [-0.3, -0.25) is 9.51 Å². The standard InChI is InChI=1S/C6H10N2O2.H2/c1-3-4(2)5-7-6(9)10-8-5;/h4H,3H2,1-2H3,(H,7,8,9);1H. The van der Waals surface area contributed by atoms with E-state index in [9.17, 15) is 4.79 Å². The van der Waals surface area contributed by atoms with E-state index >= 15 is 0 Å². The Balaban J connectivity index is 0.000001000. The average molecular weight is 144 g/mol. The Morgan fingerprint density at radius 1 is 1.90 bits per heavy atom. The van der Waals surface area contributed by atoms with Crippen LogP contribution in [0.15, 0.2) is 9.32 Å². The Labute approximate surface area is 59.7 Å². The highest BCUT2D eigenvalue weighted by atomic mass is 16.5. The molecule has 1 heterocycles. The molecule has 1 aromatic heterocycles. The van der Waals surface area contributed by atoms with E-state index in [4.69, 9.17) is 0 Å². The SMILES string of the molecule is CCC(C)c1noc(=O)[nH]1.[HH]. The van der Waals surface area contributed by atoms with Gasteiger partial charge in [0.1, 0.15) is 0 Å². The van der Waals surface area contributed by atoms with Crippen LogP contribution in [0, 0.1) is 0 Å². The maximum atomic E-state index is 10.4. The molecule has 0 aliphatic heterocycles. The lowest BCUT2D eigenvalue weighted by Gasteiger charge is -1.98. The molecule has 10 heavy (non-hydrogen) atoms. The van der Waals surface area contributed by atoms with Crippen molar-refractivity contribution in [2.75, 3.05) is 0 Å². The summed E-state index contributed by atoms with van der Waals surface area (Å²) in [5.41, 5.74) is 0. The third-order valence-corrected chi connectivity index (χ3v) is 1.54. The number of aromatic amines is 1. The number of hydrogen-bond acceptors (Lipinski definition) is 3. The van der Waals surface area contributed by atoms with Crippen LogP contribution in [0.5, 0.6) is 0 Å². The number of hydrogen-bond donors (Lipinski definition) is 1. The highest BCUT2D eigenvalue weighted by molar-refractivity contribution is 4.87. The maximum Gasteiger partial charge on any atom is 0.438 e. The van der Waals surface area contributed by atoms with Crippen molar-refractivity contribution in [1.82, 2.24) is 10.1 Å². The third kappa shape index (κ3) is 1.26. The Bertz CT molecular complexity index is 255. The molecular formula is C6H12N2O2. The molecule has 1 atom stereocenters. The third-order valence-electron chi connectivity index (χ3n) is 1.54. The van der Waals surface area contributed by atoms with Crippen LogP contribution < -0.4 is 5.76 Å². The molecule has 0 aliphatic rings. The van der Waals surface area contributed by atoms with Crippen molar-refractivity contribution in [2.45, 2.75) is 26.2 Å². The second-order valence-corrected chi connectivity index (χ2v) is 2.29. The number of H-pyrrole nitrogens is 1. The zero-order chi connectivity index (χ0) is 7.56. The van der Waals surface area contributed by atoms with Gasteiger partial charge in [-0.05, 0) is 6.42 Å². The van der Waals surface area contributed by atoms with Gasteiger partial charge in [-0.25, -0.2) is 4.79 Å². The first-order chi connectivity index (χ1) is 4.74. The van der Waals surface area contributed by atoms with Crippen LogP contribution in [0.1, 0.15) is 33.4 Å². The van der Waals surface area contributed by atoms with Gasteiger partial charge < -0.3 is 0 Å². The number of aromatic nitrogens is 2. The van der Waals surface area contributed by atoms with E-state index in [2.05, 4.69) is 14.7 Å². The topological polar surface area (TPSA) is 58.9 Å². The van der Waals surface area contributed by atoms with Gasteiger partial charge in [-0.1, -0.05) is 19.0 Å². The Morgan fingerprint density at radius 3 is 3.00 bits per heavy atom. The van der Waals surface area contributed by atoms with Crippen molar-refractivity contribution in [3.63, 3.8) is 0 Å². The predicted octanol–water partition coefficient (Wildman–Crippen LogP) is 1.12. The normalized spacial score (nSPS) is 13.4. The van der Waals surface area contributed by atoms with Gasteiger partial charge in [0.05, 0.1) is 0 Å². The van der Waals surface area contributed by atoms with Crippen LogP contribution in [0.3, 0.4) is 0 Å². The zero-order valence-corrected chi connectivity index (χ0v) is 6.05. The fraction of sp³-hybridized carbons (Fsp3) is 0.667. The number of nitrogens with one attached hydrogen (secondary N) is 1. The Kier molecular flexibility index (Phi) is 1.89. The van der Waals surface area contributed by atoms with E-state index in [1.807, 2.05) is 13.8 Å². The lowest BCUT2D eigenvalue weighted by molar-refractivity contribution is 0.377. The van der Waals surface area contributed by atoms with Gasteiger partial charge >= 0.3 is 5.76 Å². The summed E-state index contributed by atoms with van der Waals surface area (Å²) >= 11 is 0. The fourth-order valence-corrected chi connectivity index (χ4v) is 0.647. The summed E-state index contributed by atoms with van der Waals surface area (Å²) in [4.78, 5) is 12.9. The molecule has 1 aromatic rings. The molecule has 0 aliphatic carbocycles. The average Bonchev–Trinajstić information content (AvgIpc) is 2.34. The molecule has 0 amide bonds. The summed E-state index contributed by atoms with van der Waals surface area (Å²) < 4.78 is 4.33. The zero-order valence-electron chi connectivity index (χ0n) is 6.05. The minimum Gasteiger partial charge on any atom is -0.296 e. The first kappa shape index (κ1) is 7.05. The molecule has 0 aromatic carbocycles. The second-order valence-electron chi connectivity index (χ2n) is 2.29. The largest absolute Gasteiger partial charge is 0.438 e. The van der Waals surface area contributed by atoms with Crippen molar-refractivity contribution < 1.29 is 5.95 Å². The molecule has 1 rings (SSSR count). The first-order valence-corrected chi connectivity index (χ1v) is 3.30. The molecular weight excluding hydrogens is 132 g/mol. The van der Waals surface area contributed by atoms with Gasteiger partial charge in [0.2, 0.25) is 0 Å². The summed E-state index contributed by atoms with van der Waals surface area (Å²) in [7, 11) is 0. The molecule has 0 saturated heterocycles. The van der Waals surface area contributed by atoms with E-state index < -0.39 is 5.76 Å². The quantitative estimate of drug-likeness (QED) is 0.676. The summed E-state index contributed by atoms with van der Waals surface area (Å²) in [6.07, 6.45) is 0.947. The summed E-state index contributed by atoms with van der Waals surface area (Å²) in [5, 5.41) is 3.54. The van der Waals surface area contributed by atoms with Gasteiger partial charge in [-0.2, -0.15) is 0 Å². The molecule has 58 valence electrons. The lowest BCUT2D eigenvalue weighted by atomic mass is 10.1. The molecule has 1 N–H and O–H groups in total. The van der Waals surface area contributed by atoms with E-state index in [0.29, 0.717) is 5.82 Å². The van der Waals surface area contributed by atoms with Crippen LogP contribution in [-0.4, -0.2) is 10.1 Å². The summed E-state index contributed by atoms with van der Waals surface area (Å²) in [6.45, 7) is 4.01. The minimum atomic E-state index is -0.477. The van der Waals surface area contributed by atoms with Crippen molar-refractivity contribution >= 4 is 0 Å². The molecule has 4 nitrogen and oxygen atoms in total. The van der Waals surface area contributed by atoms with Crippen LogP contribution in [0.4, 0.5) is 0 Å². The highest BCUT2D eigenvalue weighted by Gasteiger charge is 2.07. The van der Waals surface area contributed by atoms with Crippen molar-refractivity contribution in [1.29, 1.82) is 0 Å². The van der Waals surface area contributed by atoms with E-state index in [1.165, 1.54) is 0 Å². The maximum absolute atomic E-state index is 10.4. The van der Waals surface area contributed by atoms with Crippen molar-refractivity contribution in [3.8, 4) is 0 Å². The molecule has 1 unspecified atom stereocenters. The van der Waals surface area contributed by atoms with E-state index in [1.54, 1.807) is 0 Å². The lowest BCUT2D eigenvalue weighted by Crippen LogP contribution is -1.99. The van der Waals surface area contributed by atoms with Crippen molar-refractivity contribution in [2.24, 2.45) is 0 Å². The molecule has 4 heteroatoms. The smallest absolute Gasteiger partial charge is 0.296 e. The highest BCUT2D eigenvalue weighted by Crippen LogP contribution is 2.10. The van der Waals surface area contributed by atoms with Crippen LogP contribution in [0.2, 0.25) is 0 Å². The molecule has 0 radical (unpaired) electrons. The Hall–Kier alpha value is -1.06. The molecule has 0 saturated carbocycles. The van der Waals surface area contributed by atoms with E-state index in [-0.39, 0.29) is 7.34 Å². The van der Waals surface area contributed by atoms with Gasteiger partial charge in [0.25, 0.3) is 0 Å². The summed E-state index contributed by atoms with van der Waals surface area (Å²) in [5.74, 6) is 0.425. The monoisotopic (exact) mass is 144 g/mol. The van der Waals surface area contributed by atoms with Gasteiger partial charge in [0.15, 0.2) is 5.82 Å². The van der Waals surface area contributed by atoms with Gasteiger partial charge in [-0.15, -0.1) is 0 Å². The van der Waals surface area contributed by atoms with Gasteiger partial charge in [0, 0.05) is 7.34 Å². The summed E-state index contributed by atoms with van der Waals surface area (Å²) in [6, 6.07) is 0. The molecule has 0 spiro atoms. The van der Waals surface area contributed by atoms with Crippen molar-refractivity contribution in [3.05, 3.63) is 16.4 Å². The molecule has 0 bridgehead atoms. The first-order valence-electron chi connectivity index (χ1n) is 3.30. The molecule has 0 fully saturated rings. The van der Waals surface area contributed by atoms with Crippen LogP contribution in [0.25, 0.3) is 0 Å². The van der Waals surface area contributed by atoms with E-state index in [0.717, 1.165) is 6.42 Å². The Morgan fingerprint density at radius 2 is 2.60 bits per heavy atom. The second kappa shape index (κ2) is 2.68.